The first kappa shape index (κ1) is 26.7. The molecule has 3 aromatic carbocycles. The summed E-state index contributed by atoms with van der Waals surface area (Å²) in [6.45, 7) is 0. The number of carbonyl (C=O) groups is 4. The van der Waals surface area contributed by atoms with Gasteiger partial charge in [0.15, 0.2) is 0 Å². The van der Waals surface area contributed by atoms with Crippen LogP contribution in [0.3, 0.4) is 0 Å². The van der Waals surface area contributed by atoms with Crippen LogP contribution in [0.5, 0.6) is 11.5 Å². The normalized spacial score (nSPS) is 12.0. The SMILES string of the molecule is COc1cccc(C(=O)O[C@H](C(=O)Nc2ccc(F)cc2)[C@@H](OC(=O)c2cccc(OC)c2)C(=O)O)c1. The van der Waals surface area contributed by atoms with E-state index < -0.39 is 41.8 Å². The largest absolute Gasteiger partial charge is 0.497 e. The Morgan fingerprint density at radius 2 is 1.24 bits per heavy atom. The molecule has 0 aliphatic heterocycles. The number of amides is 1. The highest BCUT2D eigenvalue weighted by atomic mass is 19.1. The second-order valence-electron chi connectivity index (χ2n) is 7.45. The summed E-state index contributed by atoms with van der Waals surface area (Å²) in [5, 5.41) is 12.1. The van der Waals surface area contributed by atoms with Crippen molar-refractivity contribution in [2.45, 2.75) is 12.2 Å². The van der Waals surface area contributed by atoms with Crippen LogP contribution in [0.25, 0.3) is 0 Å². The van der Waals surface area contributed by atoms with E-state index in [-0.39, 0.29) is 16.8 Å². The molecule has 3 aromatic rings. The standard InChI is InChI=1S/C26H22FNO9/c1-34-19-7-3-5-15(13-19)25(32)36-21(23(29)28-18-11-9-17(27)10-12-18)22(24(30)31)37-26(33)16-6-4-8-20(14-16)35-2/h3-14,21-22H,1-2H3,(H,28,29)(H,30,31)/t21-,22+/m0/s1. The lowest BCUT2D eigenvalue weighted by molar-refractivity contribution is -0.157. The van der Waals surface area contributed by atoms with Crippen LogP contribution in [0.1, 0.15) is 20.7 Å². The Balaban J connectivity index is 1.92. The first-order valence-electron chi connectivity index (χ1n) is 10.7. The van der Waals surface area contributed by atoms with Crippen LogP contribution in [-0.4, -0.2) is 55.3 Å². The smallest absolute Gasteiger partial charge is 0.349 e. The van der Waals surface area contributed by atoms with Gasteiger partial charge in [-0.1, -0.05) is 12.1 Å². The van der Waals surface area contributed by atoms with E-state index in [1.165, 1.54) is 62.8 Å². The van der Waals surface area contributed by atoms with Crippen molar-refractivity contribution in [2.24, 2.45) is 0 Å². The summed E-state index contributed by atoms with van der Waals surface area (Å²) in [6.07, 6.45) is -4.37. The Kier molecular flexibility index (Phi) is 8.76. The predicted molar refractivity (Wildman–Crippen MR) is 127 cm³/mol. The fourth-order valence-corrected chi connectivity index (χ4v) is 3.11. The van der Waals surface area contributed by atoms with Crippen LogP contribution in [0.4, 0.5) is 10.1 Å². The van der Waals surface area contributed by atoms with Gasteiger partial charge < -0.3 is 29.4 Å². The molecule has 0 heterocycles. The van der Waals surface area contributed by atoms with E-state index in [1.807, 2.05) is 0 Å². The number of anilines is 1. The van der Waals surface area contributed by atoms with E-state index in [0.717, 1.165) is 12.1 Å². The van der Waals surface area contributed by atoms with Gasteiger partial charge in [0.1, 0.15) is 17.3 Å². The maximum absolute atomic E-state index is 13.3. The van der Waals surface area contributed by atoms with E-state index in [4.69, 9.17) is 18.9 Å². The lowest BCUT2D eigenvalue weighted by Gasteiger charge is -2.23. The van der Waals surface area contributed by atoms with Gasteiger partial charge in [-0.25, -0.2) is 18.8 Å². The first-order valence-corrected chi connectivity index (χ1v) is 10.7. The molecule has 0 radical (unpaired) electrons. The molecule has 0 aromatic heterocycles. The van der Waals surface area contributed by atoms with Crippen molar-refractivity contribution in [3.63, 3.8) is 0 Å². The fourth-order valence-electron chi connectivity index (χ4n) is 3.11. The van der Waals surface area contributed by atoms with Crippen molar-refractivity contribution in [3.05, 3.63) is 89.7 Å². The number of benzene rings is 3. The summed E-state index contributed by atoms with van der Waals surface area (Å²) in [5.41, 5.74) is -0.0401. The third-order valence-electron chi connectivity index (χ3n) is 4.97. The van der Waals surface area contributed by atoms with Crippen LogP contribution in [-0.2, 0) is 19.1 Å². The van der Waals surface area contributed by atoms with E-state index in [2.05, 4.69) is 5.32 Å². The van der Waals surface area contributed by atoms with Crippen LogP contribution in [0.2, 0.25) is 0 Å². The molecule has 0 aliphatic rings. The highest BCUT2D eigenvalue weighted by molar-refractivity contribution is 6.01. The second kappa shape index (κ2) is 12.2. The van der Waals surface area contributed by atoms with Gasteiger partial charge >= 0.3 is 17.9 Å². The first-order chi connectivity index (χ1) is 17.7. The van der Waals surface area contributed by atoms with E-state index >= 15 is 0 Å². The Morgan fingerprint density at radius 3 is 1.70 bits per heavy atom. The third-order valence-corrected chi connectivity index (χ3v) is 4.97. The average Bonchev–Trinajstić information content (AvgIpc) is 2.91. The van der Waals surface area contributed by atoms with Crippen molar-refractivity contribution in [3.8, 4) is 11.5 Å². The minimum absolute atomic E-state index is 0.0535. The monoisotopic (exact) mass is 511 g/mol. The minimum Gasteiger partial charge on any atom is -0.497 e. The van der Waals surface area contributed by atoms with Crippen molar-refractivity contribution >= 4 is 29.5 Å². The van der Waals surface area contributed by atoms with Gasteiger partial charge in [-0.2, -0.15) is 0 Å². The van der Waals surface area contributed by atoms with E-state index in [0.29, 0.717) is 11.5 Å². The van der Waals surface area contributed by atoms with Crippen LogP contribution in [0.15, 0.2) is 72.8 Å². The molecular weight excluding hydrogens is 489 g/mol. The number of carbonyl (C=O) groups excluding carboxylic acids is 3. The molecule has 10 nitrogen and oxygen atoms in total. The molecule has 0 bridgehead atoms. The molecule has 0 saturated heterocycles. The molecule has 11 heteroatoms. The quantitative estimate of drug-likeness (QED) is 0.393. The van der Waals surface area contributed by atoms with Crippen molar-refractivity contribution < 1.29 is 47.6 Å². The Labute approximate surface area is 210 Å². The Bertz CT molecular complexity index is 1290. The number of methoxy groups -OCH3 is 2. The number of rotatable bonds is 10. The number of carboxylic acids is 1. The molecule has 37 heavy (non-hydrogen) atoms. The van der Waals surface area contributed by atoms with Crippen LogP contribution >= 0.6 is 0 Å². The summed E-state index contributed by atoms with van der Waals surface area (Å²) in [4.78, 5) is 50.7. The molecule has 0 spiro atoms. The molecule has 0 fully saturated rings. The Hall–Kier alpha value is -4.93. The number of carboxylic acid groups (broad SMARTS) is 1. The predicted octanol–water partition coefficient (Wildman–Crippen LogP) is 3.32. The molecule has 192 valence electrons. The second-order valence-corrected chi connectivity index (χ2v) is 7.45. The maximum atomic E-state index is 13.3. The maximum Gasteiger partial charge on any atom is 0.349 e. The zero-order valence-electron chi connectivity index (χ0n) is 19.7. The van der Waals surface area contributed by atoms with E-state index in [1.54, 1.807) is 12.1 Å². The van der Waals surface area contributed by atoms with Gasteiger partial charge in [-0.3, -0.25) is 4.79 Å². The molecule has 0 saturated carbocycles. The molecule has 2 N–H and O–H groups in total. The van der Waals surface area contributed by atoms with E-state index in [9.17, 15) is 28.7 Å². The fraction of sp³-hybridized carbons (Fsp3) is 0.154. The number of hydrogen-bond acceptors (Lipinski definition) is 8. The number of ether oxygens (including phenoxy) is 4. The van der Waals surface area contributed by atoms with Crippen LogP contribution < -0.4 is 14.8 Å². The molecule has 1 amide bonds. The Morgan fingerprint density at radius 1 is 0.757 bits per heavy atom. The zero-order valence-corrected chi connectivity index (χ0v) is 19.7. The van der Waals surface area contributed by atoms with Gasteiger partial charge in [-0.15, -0.1) is 0 Å². The summed E-state index contributed by atoms with van der Waals surface area (Å²) in [5.74, 6) is -5.04. The van der Waals surface area contributed by atoms with Crippen molar-refractivity contribution in [2.75, 3.05) is 19.5 Å². The lowest BCUT2D eigenvalue weighted by atomic mass is 10.1. The van der Waals surface area contributed by atoms with Gasteiger partial charge in [0.25, 0.3) is 5.91 Å². The average molecular weight is 511 g/mol. The number of hydrogen-bond donors (Lipinski definition) is 2. The topological polar surface area (TPSA) is 137 Å². The molecule has 3 rings (SSSR count). The number of halogens is 1. The summed E-state index contributed by atoms with van der Waals surface area (Å²) in [7, 11) is 2.75. The molecule has 2 atom stereocenters. The molecule has 0 aliphatic carbocycles. The third kappa shape index (κ3) is 7.04. The lowest BCUT2D eigenvalue weighted by Crippen LogP contribution is -2.48. The minimum atomic E-state index is -2.24. The molecule has 0 unspecified atom stereocenters. The summed E-state index contributed by atoms with van der Waals surface area (Å²) in [6, 6.07) is 16.0. The highest BCUT2D eigenvalue weighted by Gasteiger charge is 2.41. The molecular formula is C26H22FNO9. The number of esters is 2. The van der Waals surface area contributed by atoms with Gasteiger partial charge in [0.2, 0.25) is 12.2 Å². The van der Waals surface area contributed by atoms with Gasteiger partial charge in [0.05, 0.1) is 25.3 Å². The number of nitrogens with one attached hydrogen (secondary N) is 1. The zero-order chi connectivity index (χ0) is 26.9. The summed E-state index contributed by atoms with van der Waals surface area (Å²) >= 11 is 0. The van der Waals surface area contributed by atoms with Crippen molar-refractivity contribution in [1.82, 2.24) is 0 Å². The summed E-state index contributed by atoms with van der Waals surface area (Å²) < 4.78 is 33.7. The van der Waals surface area contributed by atoms with Crippen LogP contribution in [0, 0.1) is 5.82 Å². The van der Waals surface area contributed by atoms with Gasteiger partial charge in [0, 0.05) is 5.69 Å². The number of aliphatic carboxylic acids is 1. The van der Waals surface area contributed by atoms with Gasteiger partial charge in [-0.05, 0) is 60.7 Å². The highest BCUT2D eigenvalue weighted by Crippen LogP contribution is 2.20. The van der Waals surface area contributed by atoms with Crippen molar-refractivity contribution in [1.29, 1.82) is 0 Å².